The third-order valence-corrected chi connectivity index (χ3v) is 3.59. The molecule has 0 radical (unpaired) electrons. The SMILES string of the molecule is COc1cc(CCNCc2ccccc2)c(OC)cc1Cl. The maximum atomic E-state index is 6.10. The van der Waals surface area contributed by atoms with E-state index < -0.39 is 0 Å². The summed E-state index contributed by atoms with van der Waals surface area (Å²) in [4.78, 5) is 0. The molecule has 0 aliphatic heterocycles. The van der Waals surface area contributed by atoms with Crippen molar-refractivity contribution in [1.82, 2.24) is 5.32 Å². The lowest BCUT2D eigenvalue weighted by molar-refractivity contribution is 0.398. The van der Waals surface area contributed by atoms with Crippen LogP contribution in [0.1, 0.15) is 11.1 Å². The zero-order valence-electron chi connectivity index (χ0n) is 12.4. The molecular formula is C17H20ClNO2. The molecule has 0 aliphatic rings. The zero-order valence-corrected chi connectivity index (χ0v) is 13.1. The van der Waals surface area contributed by atoms with Crippen LogP contribution in [0.3, 0.4) is 0 Å². The van der Waals surface area contributed by atoms with Gasteiger partial charge in [-0.05, 0) is 30.2 Å². The second-order valence-electron chi connectivity index (χ2n) is 4.71. The van der Waals surface area contributed by atoms with Gasteiger partial charge in [0.05, 0.1) is 19.2 Å². The molecule has 0 unspecified atom stereocenters. The summed E-state index contributed by atoms with van der Waals surface area (Å²) in [5.41, 5.74) is 2.36. The molecule has 2 aromatic rings. The predicted octanol–water partition coefficient (Wildman–Crippen LogP) is 3.69. The molecule has 2 aromatic carbocycles. The van der Waals surface area contributed by atoms with E-state index >= 15 is 0 Å². The van der Waals surface area contributed by atoms with Gasteiger partial charge in [-0.15, -0.1) is 0 Å². The van der Waals surface area contributed by atoms with Crippen LogP contribution in [0, 0.1) is 0 Å². The van der Waals surface area contributed by atoms with E-state index in [1.807, 2.05) is 24.3 Å². The van der Waals surface area contributed by atoms with Crippen molar-refractivity contribution in [3.8, 4) is 11.5 Å². The molecule has 0 heterocycles. The Morgan fingerprint density at radius 2 is 1.71 bits per heavy atom. The van der Waals surface area contributed by atoms with Crippen molar-refractivity contribution < 1.29 is 9.47 Å². The number of rotatable bonds is 7. The van der Waals surface area contributed by atoms with Crippen molar-refractivity contribution in [3.05, 3.63) is 58.6 Å². The van der Waals surface area contributed by atoms with E-state index in [9.17, 15) is 0 Å². The van der Waals surface area contributed by atoms with E-state index in [1.165, 1.54) is 5.56 Å². The Kier molecular flexibility index (Phi) is 5.90. The molecule has 0 aromatic heterocycles. The average molecular weight is 306 g/mol. The van der Waals surface area contributed by atoms with E-state index in [0.29, 0.717) is 10.8 Å². The van der Waals surface area contributed by atoms with Gasteiger partial charge in [0, 0.05) is 12.6 Å². The molecule has 0 saturated carbocycles. The smallest absolute Gasteiger partial charge is 0.137 e. The normalized spacial score (nSPS) is 10.4. The van der Waals surface area contributed by atoms with Crippen LogP contribution < -0.4 is 14.8 Å². The number of hydrogen-bond acceptors (Lipinski definition) is 3. The largest absolute Gasteiger partial charge is 0.496 e. The Hall–Kier alpha value is -1.71. The molecular weight excluding hydrogens is 286 g/mol. The minimum Gasteiger partial charge on any atom is -0.496 e. The zero-order chi connectivity index (χ0) is 15.1. The first-order chi connectivity index (χ1) is 10.2. The van der Waals surface area contributed by atoms with Crippen LogP contribution in [-0.4, -0.2) is 20.8 Å². The lowest BCUT2D eigenvalue weighted by Crippen LogP contribution is -2.17. The highest BCUT2D eigenvalue weighted by Crippen LogP contribution is 2.32. The summed E-state index contributed by atoms with van der Waals surface area (Å²) in [7, 11) is 3.27. The van der Waals surface area contributed by atoms with Crippen molar-refractivity contribution >= 4 is 11.6 Å². The van der Waals surface area contributed by atoms with Gasteiger partial charge in [0.2, 0.25) is 0 Å². The first-order valence-corrected chi connectivity index (χ1v) is 7.27. The molecule has 0 spiro atoms. The molecule has 1 N–H and O–H groups in total. The van der Waals surface area contributed by atoms with E-state index in [2.05, 4.69) is 17.4 Å². The van der Waals surface area contributed by atoms with E-state index in [0.717, 1.165) is 30.8 Å². The maximum absolute atomic E-state index is 6.10. The molecule has 0 atom stereocenters. The van der Waals surface area contributed by atoms with E-state index in [4.69, 9.17) is 21.1 Å². The molecule has 3 nitrogen and oxygen atoms in total. The Bertz CT molecular complexity index is 573. The average Bonchev–Trinajstić information content (AvgIpc) is 2.53. The first kappa shape index (κ1) is 15.7. The Labute approximate surface area is 130 Å². The second kappa shape index (κ2) is 7.91. The molecule has 0 bridgehead atoms. The van der Waals surface area contributed by atoms with Crippen molar-refractivity contribution in [1.29, 1.82) is 0 Å². The van der Waals surface area contributed by atoms with Gasteiger partial charge in [-0.1, -0.05) is 41.9 Å². The van der Waals surface area contributed by atoms with Crippen LogP contribution in [0.15, 0.2) is 42.5 Å². The van der Waals surface area contributed by atoms with Crippen molar-refractivity contribution in [2.45, 2.75) is 13.0 Å². The summed E-state index contributed by atoms with van der Waals surface area (Å²) in [5, 5.41) is 3.99. The van der Waals surface area contributed by atoms with E-state index in [1.54, 1.807) is 20.3 Å². The standard InChI is InChI=1S/C17H20ClNO2/c1-20-16-11-15(18)17(21-2)10-14(16)8-9-19-12-13-6-4-3-5-7-13/h3-7,10-11,19H,8-9,12H2,1-2H3. The summed E-state index contributed by atoms with van der Waals surface area (Å²) < 4.78 is 10.6. The van der Waals surface area contributed by atoms with Gasteiger partial charge in [0.25, 0.3) is 0 Å². The fourth-order valence-electron chi connectivity index (χ4n) is 2.17. The maximum Gasteiger partial charge on any atom is 0.137 e. The summed E-state index contributed by atoms with van der Waals surface area (Å²) in [6.07, 6.45) is 0.851. The monoisotopic (exact) mass is 305 g/mol. The summed E-state index contributed by atoms with van der Waals surface area (Å²) in [6.45, 7) is 1.71. The van der Waals surface area contributed by atoms with Gasteiger partial charge in [-0.3, -0.25) is 0 Å². The highest BCUT2D eigenvalue weighted by atomic mass is 35.5. The van der Waals surface area contributed by atoms with Gasteiger partial charge in [0.1, 0.15) is 11.5 Å². The van der Waals surface area contributed by atoms with Gasteiger partial charge < -0.3 is 14.8 Å². The molecule has 0 saturated heterocycles. The topological polar surface area (TPSA) is 30.5 Å². The number of methoxy groups -OCH3 is 2. The molecule has 0 amide bonds. The van der Waals surface area contributed by atoms with Crippen LogP contribution in [-0.2, 0) is 13.0 Å². The number of hydrogen-bond donors (Lipinski definition) is 1. The summed E-state index contributed by atoms with van der Waals surface area (Å²) >= 11 is 6.10. The first-order valence-electron chi connectivity index (χ1n) is 6.89. The van der Waals surface area contributed by atoms with Crippen LogP contribution in [0.2, 0.25) is 5.02 Å². The molecule has 21 heavy (non-hydrogen) atoms. The fourth-order valence-corrected chi connectivity index (χ4v) is 2.40. The number of benzene rings is 2. The van der Waals surface area contributed by atoms with Crippen molar-refractivity contribution in [2.75, 3.05) is 20.8 Å². The molecule has 112 valence electrons. The van der Waals surface area contributed by atoms with Crippen molar-refractivity contribution in [3.63, 3.8) is 0 Å². The number of halogens is 1. The molecule has 2 rings (SSSR count). The highest BCUT2D eigenvalue weighted by molar-refractivity contribution is 6.32. The minimum atomic E-state index is 0.565. The fraction of sp³-hybridized carbons (Fsp3) is 0.294. The Balaban J connectivity index is 1.93. The van der Waals surface area contributed by atoms with Crippen LogP contribution in [0.5, 0.6) is 11.5 Å². The Morgan fingerprint density at radius 3 is 2.38 bits per heavy atom. The molecule has 0 fully saturated rings. The van der Waals surface area contributed by atoms with Gasteiger partial charge >= 0.3 is 0 Å². The lowest BCUT2D eigenvalue weighted by atomic mass is 10.1. The summed E-state index contributed by atoms with van der Waals surface area (Å²) in [5.74, 6) is 1.47. The third-order valence-electron chi connectivity index (χ3n) is 3.30. The van der Waals surface area contributed by atoms with Crippen LogP contribution in [0.4, 0.5) is 0 Å². The predicted molar refractivity (Wildman–Crippen MR) is 86.4 cm³/mol. The molecule has 0 aliphatic carbocycles. The minimum absolute atomic E-state index is 0.565. The highest BCUT2D eigenvalue weighted by Gasteiger charge is 2.09. The number of nitrogens with one attached hydrogen (secondary N) is 1. The van der Waals surface area contributed by atoms with Crippen LogP contribution in [0.25, 0.3) is 0 Å². The van der Waals surface area contributed by atoms with E-state index in [-0.39, 0.29) is 0 Å². The lowest BCUT2D eigenvalue weighted by Gasteiger charge is -2.12. The van der Waals surface area contributed by atoms with Gasteiger partial charge in [-0.2, -0.15) is 0 Å². The van der Waals surface area contributed by atoms with Gasteiger partial charge in [-0.25, -0.2) is 0 Å². The summed E-state index contributed by atoms with van der Waals surface area (Å²) in [6, 6.07) is 14.1. The van der Waals surface area contributed by atoms with Crippen LogP contribution >= 0.6 is 11.6 Å². The number of ether oxygens (including phenoxy) is 2. The quantitative estimate of drug-likeness (QED) is 0.791. The second-order valence-corrected chi connectivity index (χ2v) is 5.12. The van der Waals surface area contributed by atoms with Crippen molar-refractivity contribution in [2.24, 2.45) is 0 Å². The third kappa shape index (κ3) is 4.38. The van der Waals surface area contributed by atoms with Gasteiger partial charge in [0.15, 0.2) is 0 Å². The Morgan fingerprint density at radius 1 is 1.00 bits per heavy atom. The molecule has 4 heteroatoms.